The van der Waals surface area contributed by atoms with Crippen LogP contribution in [0.2, 0.25) is 0 Å². The first-order valence-corrected chi connectivity index (χ1v) is 9.51. The second-order valence-electron chi connectivity index (χ2n) is 6.16. The van der Waals surface area contributed by atoms with Crippen LogP contribution < -0.4 is 5.32 Å². The summed E-state index contributed by atoms with van der Waals surface area (Å²) in [6.07, 6.45) is 10.0. The number of nitrogens with one attached hydrogen (secondary N) is 1. The summed E-state index contributed by atoms with van der Waals surface area (Å²) in [4.78, 5) is 12.1. The summed E-state index contributed by atoms with van der Waals surface area (Å²) in [6.45, 7) is 1.84. The molecule has 7 heteroatoms. The Balaban J connectivity index is 1.47. The molecule has 0 aromatic carbocycles. The molecule has 3 rings (SSSR count). The highest BCUT2D eigenvalue weighted by Gasteiger charge is 2.17. The van der Waals surface area contributed by atoms with E-state index in [1.54, 1.807) is 12.3 Å². The maximum atomic E-state index is 12.1. The van der Waals surface area contributed by atoms with Gasteiger partial charge >= 0.3 is 0 Å². The first kappa shape index (κ1) is 17.1. The van der Waals surface area contributed by atoms with E-state index in [4.69, 9.17) is 8.83 Å². The Labute approximate surface area is 145 Å². The molecule has 1 aliphatic carbocycles. The van der Waals surface area contributed by atoms with Gasteiger partial charge in [-0.15, -0.1) is 10.2 Å². The van der Waals surface area contributed by atoms with Crippen molar-refractivity contribution in [2.24, 2.45) is 0 Å². The van der Waals surface area contributed by atoms with Crippen LogP contribution in [0.4, 0.5) is 0 Å². The lowest BCUT2D eigenvalue weighted by Gasteiger charge is -2.20. The lowest BCUT2D eigenvalue weighted by atomic mass is 9.97. The Morgan fingerprint density at radius 1 is 1.25 bits per heavy atom. The van der Waals surface area contributed by atoms with E-state index in [1.807, 2.05) is 6.92 Å². The fraction of sp³-hybridized carbons (Fsp3) is 0.588. The molecule has 2 heterocycles. The molecule has 0 spiro atoms. The van der Waals surface area contributed by atoms with E-state index >= 15 is 0 Å². The highest BCUT2D eigenvalue weighted by atomic mass is 32.2. The molecule has 2 aromatic rings. The SMILES string of the molecule is Cc1occc1-c1nnc(SCC(=O)NC2CCCCCCC2)o1. The summed E-state index contributed by atoms with van der Waals surface area (Å²) in [5.74, 6) is 1.48. The van der Waals surface area contributed by atoms with Crippen molar-refractivity contribution in [2.75, 3.05) is 5.75 Å². The molecule has 0 bridgehead atoms. The van der Waals surface area contributed by atoms with Crippen LogP contribution >= 0.6 is 11.8 Å². The molecule has 1 amide bonds. The summed E-state index contributed by atoms with van der Waals surface area (Å²) in [5.41, 5.74) is 0.785. The van der Waals surface area contributed by atoms with Gasteiger partial charge in [-0.25, -0.2) is 0 Å². The van der Waals surface area contributed by atoms with Gasteiger partial charge in [0.15, 0.2) is 0 Å². The lowest BCUT2D eigenvalue weighted by molar-refractivity contribution is -0.119. The van der Waals surface area contributed by atoms with Gasteiger partial charge < -0.3 is 14.2 Å². The number of hydrogen-bond acceptors (Lipinski definition) is 6. The van der Waals surface area contributed by atoms with Crippen LogP contribution in [0.15, 0.2) is 26.4 Å². The second-order valence-corrected chi connectivity index (χ2v) is 7.09. The van der Waals surface area contributed by atoms with Crippen LogP contribution in [0, 0.1) is 6.92 Å². The number of rotatable bonds is 5. The quantitative estimate of drug-likeness (QED) is 0.823. The van der Waals surface area contributed by atoms with E-state index in [9.17, 15) is 4.79 Å². The predicted molar refractivity (Wildman–Crippen MR) is 91.7 cm³/mol. The van der Waals surface area contributed by atoms with Crippen molar-refractivity contribution < 1.29 is 13.6 Å². The van der Waals surface area contributed by atoms with E-state index < -0.39 is 0 Å². The Bertz CT molecular complexity index is 660. The van der Waals surface area contributed by atoms with Crippen molar-refractivity contribution >= 4 is 17.7 Å². The molecule has 0 saturated heterocycles. The average Bonchev–Trinajstić information content (AvgIpc) is 3.16. The highest BCUT2D eigenvalue weighted by molar-refractivity contribution is 7.99. The zero-order valence-corrected chi connectivity index (χ0v) is 14.7. The molecule has 2 aromatic heterocycles. The number of aromatic nitrogens is 2. The largest absolute Gasteiger partial charge is 0.469 e. The van der Waals surface area contributed by atoms with Gasteiger partial charge in [0, 0.05) is 6.04 Å². The Morgan fingerprint density at radius 2 is 2.00 bits per heavy atom. The second kappa shape index (κ2) is 8.37. The van der Waals surface area contributed by atoms with Gasteiger partial charge in [-0.05, 0) is 25.8 Å². The monoisotopic (exact) mass is 349 g/mol. The van der Waals surface area contributed by atoms with E-state index in [0.717, 1.165) is 24.2 Å². The maximum absolute atomic E-state index is 12.1. The minimum Gasteiger partial charge on any atom is -0.469 e. The molecule has 0 aliphatic heterocycles. The van der Waals surface area contributed by atoms with Gasteiger partial charge in [0.25, 0.3) is 11.1 Å². The fourth-order valence-electron chi connectivity index (χ4n) is 2.98. The summed E-state index contributed by atoms with van der Waals surface area (Å²) in [7, 11) is 0. The predicted octanol–water partition coefficient (Wildman–Crippen LogP) is 3.96. The Hall–Kier alpha value is -1.76. The van der Waals surface area contributed by atoms with Gasteiger partial charge in [0.2, 0.25) is 5.91 Å². The number of nitrogens with zero attached hydrogens (tertiary/aromatic N) is 2. The fourth-order valence-corrected chi connectivity index (χ4v) is 3.56. The lowest BCUT2D eigenvalue weighted by Crippen LogP contribution is -2.36. The van der Waals surface area contributed by atoms with Crippen molar-refractivity contribution in [3.8, 4) is 11.5 Å². The standard InChI is InChI=1S/C17H23N3O3S/c1-12-14(9-10-22-12)16-19-20-17(23-16)24-11-15(21)18-13-7-5-3-2-4-6-8-13/h9-10,13H,2-8,11H2,1H3,(H,18,21). The third-order valence-corrected chi connectivity index (χ3v) is 5.11. The minimum atomic E-state index is 0.0322. The third-order valence-electron chi connectivity index (χ3n) is 4.29. The molecule has 130 valence electrons. The number of carbonyl (C=O) groups is 1. The van der Waals surface area contributed by atoms with Gasteiger partial charge in [-0.3, -0.25) is 4.79 Å². The molecule has 0 unspecified atom stereocenters. The Kier molecular flexibility index (Phi) is 5.96. The zero-order valence-electron chi connectivity index (χ0n) is 13.9. The van der Waals surface area contributed by atoms with E-state index in [2.05, 4.69) is 15.5 Å². The van der Waals surface area contributed by atoms with Crippen LogP contribution in [0.25, 0.3) is 11.5 Å². The smallest absolute Gasteiger partial charge is 0.277 e. The van der Waals surface area contributed by atoms with Crippen LogP contribution in [-0.4, -0.2) is 27.9 Å². The minimum absolute atomic E-state index is 0.0322. The number of amides is 1. The van der Waals surface area contributed by atoms with Gasteiger partial charge in [-0.2, -0.15) is 0 Å². The zero-order chi connectivity index (χ0) is 16.8. The maximum Gasteiger partial charge on any atom is 0.277 e. The average molecular weight is 349 g/mol. The molecular formula is C17H23N3O3S. The van der Waals surface area contributed by atoms with Gasteiger partial charge in [0.05, 0.1) is 17.6 Å². The number of hydrogen-bond donors (Lipinski definition) is 1. The van der Waals surface area contributed by atoms with E-state index in [0.29, 0.717) is 22.9 Å². The first-order valence-electron chi connectivity index (χ1n) is 8.52. The van der Waals surface area contributed by atoms with Gasteiger partial charge in [-0.1, -0.05) is 43.9 Å². The Morgan fingerprint density at radius 3 is 2.71 bits per heavy atom. The van der Waals surface area contributed by atoms with Crippen molar-refractivity contribution in [3.63, 3.8) is 0 Å². The van der Waals surface area contributed by atoms with Crippen LogP contribution in [0.5, 0.6) is 0 Å². The molecular weight excluding hydrogens is 326 g/mol. The van der Waals surface area contributed by atoms with Crippen LogP contribution in [0.1, 0.15) is 50.7 Å². The van der Waals surface area contributed by atoms with Crippen molar-refractivity contribution in [1.82, 2.24) is 15.5 Å². The van der Waals surface area contributed by atoms with Crippen LogP contribution in [0.3, 0.4) is 0 Å². The molecule has 1 N–H and O–H groups in total. The molecule has 24 heavy (non-hydrogen) atoms. The number of thioether (sulfide) groups is 1. The molecule has 1 aliphatic rings. The van der Waals surface area contributed by atoms with Crippen LogP contribution in [-0.2, 0) is 4.79 Å². The van der Waals surface area contributed by atoms with Gasteiger partial charge in [0.1, 0.15) is 5.76 Å². The van der Waals surface area contributed by atoms with Crippen molar-refractivity contribution in [2.45, 2.75) is 63.1 Å². The molecule has 1 fully saturated rings. The highest BCUT2D eigenvalue weighted by Crippen LogP contribution is 2.26. The summed E-state index contributed by atoms with van der Waals surface area (Å²) in [5, 5.41) is 11.5. The third kappa shape index (κ3) is 4.63. The number of aryl methyl sites for hydroxylation is 1. The van der Waals surface area contributed by atoms with Crippen molar-refractivity contribution in [1.29, 1.82) is 0 Å². The summed E-state index contributed by atoms with van der Waals surface area (Å²) < 4.78 is 10.8. The normalized spacial score (nSPS) is 16.5. The molecule has 0 radical (unpaired) electrons. The molecule has 6 nitrogen and oxygen atoms in total. The summed E-state index contributed by atoms with van der Waals surface area (Å²) >= 11 is 1.27. The summed E-state index contributed by atoms with van der Waals surface area (Å²) in [6, 6.07) is 2.10. The van der Waals surface area contributed by atoms with E-state index in [1.165, 1.54) is 43.9 Å². The topological polar surface area (TPSA) is 81.2 Å². The van der Waals surface area contributed by atoms with E-state index in [-0.39, 0.29) is 5.91 Å². The molecule has 1 saturated carbocycles. The first-order chi connectivity index (χ1) is 11.7. The van der Waals surface area contributed by atoms with Crippen molar-refractivity contribution in [3.05, 3.63) is 18.1 Å². The number of furan rings is 1. The molecule has 0 atom stereocenters. The number of carbonyl (C=O) groups excluding carboxylic acids is 1.